The first-order valence-electron chi connectivity index (χ1n) is 5.76. The zero-order chi connectivity index (χ0) is 12.3. The Hall–Kier alpha value is -1.06. The lowest BCUT2D eigenvalue weighted by atomic mass is 10.0. The van der Waals surface area contributed by atoms with Crippen molar-refractivity contribution in [1.29, 1.82) is 0 Å². The van der Waals surface area contributed by atoms with Gasteiger partial charge in [-0.1, -0.05) is 25.1 Å². The standard InChI is InChI=1S/C14H16BrNO/c1-3-13(16-2)10-5-4-6-11(9-10)14-12(15)7-8-17-14/h4-9,13,16H,3H2,1-2H3. The molecule has 2 aromatic rings. The predicted molar refractivity (Wildman–Crippen MR) is 73.9 cm³/mol. The Bertz CT molecular complexity index is 488. The molecule has 2 rings (SSSR count). The van der Waals surface area contributed by atoms with Gasteiger partial charge in [-0.15, -0.1) is 0 Å². The van der Waals surface area contributed by atoms with Crippen LogP contribution in [-0.4, -0.2) is 7.05 Å². The van der Waals surface area contributed by atoms with Crippen LogP contribution in [0.2, 0.25) is 0 Å². The first-order valence-corrected chi connectivity index (χ1v) is 6.56. The van der Waals surface area contributed by atoms with Gasteiger partial charge in [0.05, 0.1) is 10.7 Å². The van der Waals surface area contributed by atoms with E-state index in [2.05, 4.69) is 52.4 Å². The molecule has 1 N–H and O–H groups in total. The van der Waals surface area contributed by atoms with Gasteiger partial charge in [0.1, 0.15) is 5.76 Å². The van der Waals surface area contributed by atoms with Gasteiger partial charge in [0, 0.05) is 11.6 Å². The van der Waals surface area contributed by atoms with Crippen LogP contribution in [0.4, 0.5) is 0 Å². The molecule has 1 heterocycles. The summed E-state index contributed by atoms with van der Waals surface area (Å²) in [7, 11) is 1.99. The fraction of sp³-hybridized carbons (Fsp3) is 0.286. The van der Waals surface area contributed by atoms with Crippen molar-refractivity contribution in [2.45, 2.75) is 19.4 Å². The Labute approximate surface area is 110 Å². The molecule has 1 aromatic heterocycles. The van der Waals surface area contributed by atoms with Crippen LogP contribution in [0.3, 0.4) is 0 Å². The van der Waals surface area contributed by atoms with Gasteiger partial charge >= 0.3 is 0 Å². The molecule has 0 aliphatic heterocycles. The van der Waals surface area contributed by atoms with Crippen LogP contribution >= 0.6 is 15.9 Å². The number of furan rings is 1. The highest BCUT2D eigenvalue weighted by Crippen LogP contribution is 2.31. The minimum absolute atomic E-state index is 0.392. The maximum atomic E-state index is 5.49. The lowest BCUT2D eigenvalue weighted by Crippen LogP contribution is -2.15. The monoisotopic (exact) mass is 293 g/mol. The highest BCUT2D eigenvalue weighted by Gasteiger charge is 2.10. The van der Waals surface area contributed by atoms with Crippen molar-refractivity contribution in [3.63, 3.8) is 0 Å². The Kier molecular flexibility index (Phi) is 4.02. The van der Waals surface area contributed by atoms with Gasteiger partial charge in [-0.3, -0.25) is 0 Å². The third-order valence-electron chi connectivity index (χ3n) is 2.93. The van der Waals surface area contributed by atoms with Crippen molar-refractivity contribution in [3.8, 4) is 11.3 Å². The molecule has 0 saturated heterocycles. The SMILES string of the molecule is CCC(NC)c1cccc(-c2occc2Br)c1. The second kappa shape index (κ2) is 5.52. The summed E-state index contributed by atoms with van der Waals surface area (Å²) in [4.78, 5) is 0. The third kappa shape index (κ3) is 2.61. The normalized spacial score (nSPS) is 12.6. The number of hydrogen-bond acceptors (Lipinski definition) is 2. The van der Waals surface area contributed by atoms with Crippen molar-refractivity contribution in [2.75, 3.05) is 7.05 Å². The summed E-state index contributed by atoms with van der Waals surface area (Å²) >= 11 is 3.49. The lowest BCUT2D eigenvalue weighted by Gasteiger charge is -2.14. The zero-order valence-corrected chi connectivity index (χ0v) is 11.6. The molecule has 0 aliphatic rings. The second-order valence-electron chi connectivity index (χ2n) is 3.97. The zero-order valence-electron chi connectivity index (χ0n) is 10.0. The van der Waals surface area contributed by atoms with Crippen LogP contribution in [-0.2, 0) is 0 Å². The van der Waals surface area contributed by atoms with Gasteiger partial charge < -0.3 is 9.73 Å². The third-order valence-corrected chi connectivity index (χ3v) is 3.55. The van der Waals surface area contributed by atoms with Gasteiger partial charge in [-0.25, -0.2) is 0 Å². The molecule has 0 fully saturated rings. The molecule has 0 amide bonds. The summed E-state index contributed by atoms with van der Waals surface area (Å²) in [5, 5.41) is 3.31. The van der Waals surface area contributed by atoms with E-state index < -0.39 is 0 Å². The molecule has 2 nitrogen and oxygen atoms in total. The van der Waals surface area contributed by atoms with E-state index in [9.17, 15) is 0 Å². The van der Waals surface area contributed by atoms with Crippen molar-refractivity contribution in [2.24, 2.45) is 0 Å². The molecule has 90 valence electrons. The van der Waals surface area contributed by atoms with E-state index in [1.165, 1.54) is 5.56 Å². The van der Waals surface area contributed by atoms with Crippen LogP contribution in [0.15, 0.2) is 45.5 Å². The van der Waals surface area contributed by atoms with E-state index >= 15 is 0 Å². The minimum Gasteiger partial charge on any atom is -0.463 e. The van der Waals surface area contributed by atoms with E-state index in [4.69, 9.17) is 4.42 Å². The van der Waals surface area contributed by atoms with Crippen LogP contribution in [0, 0.1) is 0 Å². The Morgan fingerprint density at radius 2 is 2.18 bits per heavy atom. The summed E-state index contributed by atoms with van der Waals surface area (Å²) in [6.45, 7) is 2.18. The fourth-order valence-electron chi connectivity index (χ4n) is 2.00. The molecule has 0 saturated carbocycles. The molecule has 0 aliphatic carbocycles. The second-order valence-corrected chi connectivity index (χ2v) is 4.83. The van der Waals surface area contributed by atoms with Crippen molar-refractivity contribution >= 4 is 15.9 Å². The minimum atomic E-state index is 0.392. The number of nitrogens with one attached hydrogen (secondary N) is 1. The number of hydrogen-bond donors (Lipinski definition) is 1. The molecule has 0 radical (unpaired) electrons. The summed E-state index contributed by atoms with van der Waals surface area (Å²) < 4.78 is 6.48. The number of benzene rings is 1. The summed E-state index contributed by atoms with van der Waals surface area (Å²) in [5.41, 5.74) is 2.39. The first kappa shape index (κ1) is 12.4. The summed E-state index contributed by atoms with van der Waals surface area (Å²) in [5.74, 6) is 0.887. The van der Waals surface area contributed by atoms with E-state index in [1.54, 1.807) is 6.26 Å². The smallest absolute Gasteiger partial charge is 0.148 e. The Morgan fingerprint density at radius 1 is 1.35 bits per heavy atom. The quantitative estimate of drug-likeness (QED) is 0.905. The van der Waals surface area contributed by atoms with E-state index in [-0.39, 0.29) is 0 Å². The molecule has 3 heteroatoms. The maximum Gasteiger partial charge on any atom is 0.148 e. The lowest BCUT2D eigenvalue weighted by molar-refractivity contribution is 0.572. The first-order chi connectivity index (χ1) is 8.26. The number of halogens is 1. The summed E-state index contributed by atoms with van der Waals surface area (Å²) in [6.07, 6.45) is 2.76. The topological polar surface area (TPSA) is 25.2 Å². The predicted octanol–water partition coefficient (Wildman–Crippen LogP) is 4.38. The molecule has 1 aromatic carbocycles. The van der Waals surface area contributed by atoms with Crippen molar-refractivity contribution < 1.29 is 4.42 Å². The van der Waals surface area contributed by atoms with Gasteiger partial charge in [0.2, 0.25) is 0 Å². The van der Waals surface area contributed by atoms with Crippen LogP contribution in [0.1, 0.15) is 24.9 Å². The highest BCUT2D eigenvalue weighted by molar-refractivity contribution is 9.10. The Balaban J connectivity index is 2.38. The average molecular weight is 294 g/mol. The average Bonchev–Trinajstić information content (AvgIpc) is 2.77. The Morgan fingerprint density at radius 3 is 2.76 bits per heavy atom. The van der Waals surface area contributed by atoms with Crippen LogP contribution in [0.25, 0.3) is 11.3 Å². The summed E-state index contributed by atoms with van der Waals surface area (Å²) in [6, 6.07) is 10.8. The highest BCUT2D eigenvalue weighted by atomic mass is 79.9. The number of rotatable bonds is 4. The van der Waals surface area contributed by atoms with Crippen molar-refractivity contribution in [3.05, 3.63) is 46.6 Å². The largest absolute Gasteiger partial charge is 0.463 e. The maximum absolute atomic E-state index is 5.49. The molecule has 1 atom stereocenters. The van der Waals surface area contributed by atoms with E-state index in [0.717, 1.165) is 22.2 Å². The van der Waals surface area contributed by atoms with Crippen LogP contribution in [0.5, 0.6) is 0 Å². The fourth-order valence-corrected chi connectivity index (χ4v) is 2.43. The molecular formula is C14H16BrNO. The molecule has 17 heavy (non-hydrogen) atoms. The molecular weight excluding hydrogens is 278 g/mol. The molecule has 0 bridgehead atoms. The van der Waals surface area contributed by atoms with Crippen LogP contribution < -0.4 is 5.32 Å². The molecule has 1 unspecified atom stereocenters. The molecule has 0 spiro atoms. The van der Waals surface area contributed by atoms with Gasteiger partial charge in [-0.05, 0) is 47.1 Å². The van der Waals surface area contributed by atoms with Gasteiger partial charge in [0.25, 0.3) is 0 Å². The van der Waals surface area contributed by atoms with Gasteiger partial charge in [-0.2, -0.15) is 0 Å². The van der Waals surface area contributed by atoms with E-state index in [1.807, 2.05) is 13.1 Å². The van der Waals surface area contributed by atoms with E-state index in [0.29, 0.717) is 6.04 Å². The van der Waals surface area contributed by atoms with Crippen molar-refractivity contribution in [1.82, 2.24) is 5.32 Å². The van der Waals surface area contributed by atoms with Gasteiger partial charge in [0.15, 0.2) is 0 Å².